The Bertz CT molecular complexity index is 845. The summed E-state index contributed by atoms with van der Waals surface area (Å²) in [6.07, 6.45) is 2.87. The Morgan fingerprint density at radius 2 is 1.79 bits per heavy atom. The molecule has 8 nitrogen and oxygen atoms in total. The summed E-state index contributed by atoms with van der Waals surface area (Å²) < 4.78 is 0. The van der Waals surface area contributed by atoms with Gasteiger partial charge >= 0.3 is 0 Å². The molecule has 1 aromatic rings. The highest BCUT2D eigenvalue weighted by molar-refractivity contribution is 6.24. The van der Waals surface area contributed by atoms with E-state index in [1.54, 1.807) is 12.1 Å². The Kier molecular flexibility index (Phi) is 4.99. The van der Waals surface area contributed by atoms with E-state index in [2.05, 4.69) is 10.2 Å². The van der Waals surface area contributed by atoms with Gasteiger partial charge < -0.3 is 10.6 Å². The van der Waals surface area contributed by atoms with Crippen LogP contribution in [0.15, 0.2) is 18.2 Å². The first-order valence-electron chi connectivity index (χ1n) is 9.77. The zero-order chi connectivity index (χ0) is 19.8. The van der Waals surface area contributed by atoms with Gasteiger partial charge in [0.2, 0.25) is 11.8 Å². The number of piperidine rings is 2. The topological polar surface area (TPSA) is 113 Å². The van der Waals surface area contributed by atoms with Crippen molar-refractivity contribution in [3.63, 3.8) is 0 Å². The molecular weight excluding hydrogens is 360 g/mol. The molecule has 4 rings (SSSR count). The lowest BCUT2D eigenvalue weighted by Crippen LogP contribution is -2.54. The van der Waals surface area contributed by atoms with E-state index in [9.17, 15) is 19.2 Å². The molecule has 1 aromatic carbocycles. The maximum absolute atomic E-state index is 13.1. The molecule has 3 aliphatic heterocycles. The summed E-state index contributed by atoms with van der Waals surface area (Å²) in [5.41, 5.74) is 7.50. The Morgan fingerprint density at radius 1 is 1.04 bits per heavy atom. The number of carbonyl (C=O) groups excluding carboxylic acids is 4. The monoisotopic (exact) mass is 384 g/mol. The van der Waals surface area contributed by atoms with Gasteiger partial charge in [-0.25, -0.2) is 0 Å². The highest BCUT2D eigenvalue weighted by Crippen LogP contribution is 2.30. The Hall–Kier alpha value is -2.58. The molecule has 148 valence electrons. The third kappa shape index (κ3) is 3.33. The summed E-state index contributed by atoms with van der Waals surface area (Å²) in [5, 5.41) is 2.22. The second kappa shape index (κ2) is 7.44. The van der Waals surface area contributed by atoms with Crippen LogP contribution in [0.1, 0.15) is 52.0 Å². The van der Waals surface area contributed by atoms with Crippen LogP contribution >= 0.6 is 0 Å². The average molecular weight is 384 g/mol. The lowest BCUT2D eigenvalue weighted by Gasteiger charge is -2.30. The average Bonchev–Trinajstić information content (AvgIpc) is 2.93. The first kappa shape index (κ1) is 18.8. The van der Waals surface area contributed by atoms with Crippen molar-refractivity contribution in [1.29, 1.82) is 0 Å². The number of hydrogen-bond acceptors (Lipinski definition) is 6. The van der Waals surface area contributed by atoms with Gasteiger partial charge in [0, 0.05) is 19.0 Å². The number of imide groups is 2. The fourth-order valence-electron chi connectivity index (χ4n) is 4.25. The van der Waals surface area contributed by atoms with Gasteiger partial charge in [0.25, 0.3) is 11.8 Å². The van der Waals surface area contributed by atoms with Gasteiger partial charge in [-0.2, -0.15) is 0 Å². The number of rotatable bonds is 4. The first-order valence-corrected chi connectivity index (χ1v) is 9.77. The lowest BCUT2D eigenvalue weighted by molar-refractivity contribution is -0.136. The zero-order valence-electron chi connectivity index (χ0n) is 15.6. The molecule has 0 aromatic heterocycles. The van der Waals surface area contributed by atoms with Crippen molar-refractivity contribution in [3.8, 4) is 0 Å². The SMILES string of the molecule is NC1CCN(CCc2cccc3c2C(=O)N(C2CCC(=O)NC2=O)C3=O)CC1. The van der Waals surface area contributed by atoms with Gasteiger partial charge in [-0.05, 0) is 50.4 Å². The van der Waals surface area contributed by atoms with E-state index in [-0.39, 0.29) is 24.8 Å². The minimum atomic E-state index is -0.929. The van der Waals surface area contributed by atoms with Crippen LogP contribution < -0.4 is 11.1 Å². The van der Waals surface area contributed by atoms with E-state index in [1.807, 2.05) is 6.07 Å². The number of likely N-dealkylation sites (tertiary alicyclic amines) is 1. The molecule has 0 aliphatic carbocycles. The normalized spacial score (nSPS) is 23.9. The summed E-state index contributed by atoms with van der Waals surface area (Å²) in [6, 6.07) is 4.61. The third-order valence-corrected chi connectivity index (χ3v) is 5.88. The second-order valence-corrected chi connectivity index (χ2v) is 7.72. The number of amides is 4. The Morgan fingerprint density at radius 3 is 2.50 bits per heavy atom. The third-order valence-electron chi connectivity index (χ3n) is 5.88. The number of nitrogens with one attached hydrogen (secondary N) is 1. The summed E-state index contributed by atoms with van der Waals surface area (Å²) in [5.74, 6) is -1.86. The largest absolute Gasteiger partial charge is 0.328 e. The highest BCUT2D eigenvalue weighted by Gasteiger charge is 2.45. The molecule has 0 spiro atoms. The molecule has 28 heavy (non-hydrogen) atoms. The molecule has 2 saturated heterocycles. The van der Waals surface area contributed by atoms with E-state index < -0.39 is 23.8 Å². The number of hydrogen-bond donors (Lipinski definition) is 2. The molecule has 3 N–H and O–H groups in total. The number of nitrogens with zero attached hydrogens (tertiary/aromatic N) is 2. The van der Waals surface area contributed by atoms with E-state index in [1.165, 1.54) is 0 Å². The summed E-state index contributed by atoms with van der Waals surface area (Å²) in [7, 11) is 0. The molecule has 0 bridgehead atoms. The Balaban J connectivity index is 1.53. The molecule has 2 fully saturated rings. The first-order chi connectivity index (χ1) is 13.5. The zero-order valence-corrected chi connectivity index (χ0v) is 15.6. The molecule has 8 heteroatoms. The van der Waals surface area contributed by atoms with Gasteiger partial charge in [0.1, 0.15) is 6.04 Å². The van der Waals surface area contributed by atoms with Gasteiger partial charge in [-0.15, -0.1) is 0 Å². The van der Waals surface area contributed by atoms with Crippen LogP contribution in [0.5, 0.6) is 0 Å². The standard InChI is InChI=1S/C20H24N4O4/c21-13-7-10-23(11-8-13)9-6-12-2-1-3-14-17(12)20(28)24(19(14)27)15-4-5-16(25)22-18(15)26/h1-3,13,15H,4-11,21H2,(H,22,25,26). The van der Waals surface area contributed by atoms with Crippen molar-refractivity contribution in [1.82, 2.24) is 15.1 Å². The van der Waals surface area contributed by atoms with E-state index in [4.69, 9.17) is 5.73 Å². The summed E-state index contributed by atoms with van der Waals surface area (Å²) in [6.45, 7) is 2.67. The predicted molar refractivity (Wildman–Crippen MR) is 100 cm³/mol. The summed E-state index contributed by atoms with van der Waals surface area (Å²) >= 11 is 0. The number of fused-ring (bicyclic) bond motifs is 1. The molecule has 4 amide bonds. The van der Waals surface area contributed by atoms with Gasteiger partial charge in [-0.1, -0.05) is 12.1 Å². The van der Waals surface area contributed by atoms with Crippen LogP contribution in [0.3, 0.4) is 0 Å². The minimum absolute atomic E-state index is 0.119. The maximum atomic E-state index is 13.1. The van der Waals surface area contributed by atoms with Crippen LogP contribution in [-0.4, -0.2) is 65.1 Å². The van der Waals surface area contributed by atoms with Crippen molar-refractivity contribution in [3.05, 3.63) is 34.9 Å². The molecule has 0 radical (unpaired) electrons. The van der Waals surface area contributed by atoms with E-state index in [0.29, 0.717) is 17.5 Å². The van der Waals surface area contributed by atoms with Crippen LogP contribution in [0.4, 0.5) is 0 Å². The molecule has 1 unspecified atom stereocenters. The minimum Gasteiger partial charge on any atom is -0.328 e. The van der Waals surface area contributed by atoms with Crippen molar-refractivity contribution < 1.29 is 19.2 Å². The van der Waals surface area contributed by atoms with Crippen molar-refractivity contribution in [2.75, 3.05) is 19.6 Å². The van der Waals surface area contributed by atoms with Gasteiger partial charge in [0.15, 0.2) is 0 Å². The molecule has 3 heterocycles. The van der Waals surface area contributed by atoms with Crippen LogP contribution in [0, 0.1) is 0 Å². The van der Waals surface area contributed by atoms with E-state index >= 15 is 0 Å². The lowest BCUT2D eigenvalue weighted by atomic mass is 9.99. The van der Waals surface area contributed by atoms with E-state index in [0.717, 1.165) is 42.9 Å². The molecule has 0 saturated carbocycles. The number of nitrogens with two attached hydrogens (primary N) is 1. The van der Waals surface area contributed by atoms with Crippen LogP contribution in [0.2, 0.25) is 0 Å². The summed E-state index contributed by atoms with van der Waals surface area (Å²) in [4.78, 5) is 52.8. The Labute approximate surface area is 163 Å². The fourth-order valence-corrected chi connectivity index (χ4v) is 4.25. The molecule has 3 aliphatic rings. The molecular formula is C20H24N4O4. The molecule has 1 atom stereocenters. The predicted octanol–water partition coefficient (Wildman–Crippen LogP) is 0.0534. The van der Waals surface area contributed by atoms with Crippen LogP contribution in [0.25, 0.3) is 0 Å². The highest BCUT2D eigenvalue weighted by atomic mass is 16.2. The van der Waals surface area contributed by atoms with Crippen molar-refractivity contribution in [2.24, 2.45) is 5.73 Å². The van der Waals surface area contributed by atoms with Gasteiger partial charge in [-0.3, -0.25) is 29.4 Å². The smallest absolute Gasteiger partial charge is 0.262 e. The van der Waals surface area contributed by atoms with Crippen LogP contribution in [-0.2, 0) is 16.0 Å². The number of carbonyl (C=O) groups is 4. The number of benzene rings is 1. The second-order valence-electron chi connectivity index (χ2n) is 7.72. The quantitative estimate of drug-likeness (QED) is 0.710. The van der Waals surface area contributed by atoms with Gasteiger partial charge in [0.05, 0.1) is 11.1 Å². The van der Waals surface area contributed by atoms with Crippen molar-refractivity contribution >= 4 is 23.6 Å². The fraction of sp³-hybridized carbons (Fsp3) is 0.500. The van der Waals surface area contributed by atoms with Crippen molar-refractivity contribution in [2.45, 2.75) is 44.2 Å². The maximum Gasteiger partial charge on any atom is 0.262 e.